The van der Waals surface area contributed by atoms with Gasteiger partial charge in [0.2, 0.25) is 0 Å². The van der Waals surface area contributed by atoms with E-state index in [2.05, 4.69) is 33.2 Å². The highest BCUT2D eigenvalue weighted by Crippen LogP contribution is 2.20. The van der Waals surface area contributed by atoms with Crippen LogP contribution in [0.2, 0.25) is 0 Å². The van der Waals surface area contributed by atoms with Crippen LogP contribution in [-0.2, 0) is 0 Å². The number of hydrogen-bond donors (Lipinski definition) is 3. The van der Waals surface area contributed by atoms with Crippen molar-refractivity contribution in [2.24, 2.45) is 0 Å². The maximum Gasteiger partial charge on any atom is 0.316 e. The summed E-state index contributed by atoms with van der Waals surface area (Å²) in [6.07, 6.45) is 0. The SMILES string of the molecule is CN(C)C(=O)NCCNc1ccc(I)cc1N. The van der Waals surface area contributed by atoms with Crippen molar-refractivity contribution in [3.63, 3.8) is 0 Å². The van der Waals surface area contributed by atoms with Gasteiger partial charge in [0.1, 0.15) is 0 Å². The number of nitrogen functional groups attached to an aromatic ring is 1. The normalized spacial score (nSPS) is 9.82. The van der Waals surface area contributed by atoms with Crippen molar-refractivity contribution in [3.8, 4) is 0 Å². The highest BCUT2D eigenvalue weighted by Gasteiger charge is 2.02. The Labute approximate surface area is 115 Å². The molecule has 0 aromatic heterocycles. The second-order valence-corrected chi connectivity index (χ2v) is 5.03. The molecule has 0 atom stereocenters. The Kier molecular flexibility index (Phi) is 5.33. The third-order valence-electron chi connectivity index (χ3n) is 2.14. The monoisotopic (exact) mass is 348 g/mol. The van der Waals surface area contributed by atoms with Crippen molar-refractivity contribution in [2.75, 3.05) is 38.2 Å². The van der Waals surface area contributed by atoms with Crippen molar-refractivity contribution >= 4 is 40.0 Å². The summed E-state index contributed by atoms with van der Waals surface area (Å²) in [4.78, 5) is 12.7. The Morgan fingerprint density at radius 2 is 2.12 bits per heavy atom. The second-order valence-electron chi connectivity index (χ2n) is 3.78. The molecule has 0 aliphatic rings. The van der Waals surface area contributed by atoms with Gasteiger partial charge in [-0.2, -0.15) is 0 Å². The van der Waals surface area contributed by atoms with Crippen molar-refractivity contribution < 1.29 is 4.79 Å². The average molecular weight is 348 g/mol. The smallest absolute Gasteiger partial charge is 0.316 e. The highest BCUT2D eigenvalue weighted by atomic mass is 127. The second kappa shape index (κ2) is 6.53. The van der Waals surface area contributed by atoms with Gasteiger partial charge in [-0.25, -0.2) is 4.79 Å². The number of anilines is 2. The molecule has 0 spiro atoms. The van der Waals surface area contributed by atoms with E-state index in [9.17, 15) is 4.79 Å². The zero-order chi connectivity index (χ0) is 12.8. The van der Waals surface area contributed by atoms with Crippen LogP contribution in [0.15, 0.2) is 18.2 Å². The molecular weight excluding hydrogens is 331 g/mol. The van der Waals surface area contributed by atoms with Gasteiger partial charge in [0.25, 0.3) is 0 Å². The van der Waals surface area contributed by atoms with E-state index >= 15 is 0 Å². The fourth-order valence-electron chi connectivity index (χ4n) is 1.22. The van der Waals surface area contributed by atoms with E-state index in [0.29, 0.717) is 13.1 Å². The van der Waals surface area contributed by atoms with E-state index in [4.69, 9.17) is 5.73 Å². The lowest BCUT2D eigenvalue weighted by molar-refractivity contribution is 0.218. The number of rotatable bonds is 4. The van der Waals surface area contributed by atoms with Crippen LogP contribution in [0.4, 0.5) is 16.2 Å². The van der Waals surface area contributed by atoms with E-state index in [0.717, 1.165) is 14.9 Å². The first kappa shape index (κ1) is 13.9. The molecule has 0 bridgehead atoms. The summed E-state index contributed by atoms with van der Waals surface area (Å²) in [5.74, 6) is 0. The van der Waals surface area contributed by atoms with Gasteiger partial charge in [-0.1, -0.05) is 0 Å². The number of carbonyl (C=O) groups excluding carboxylic acids is 1. The molecule has 2 amide bonds. The number of nitrogens with one attached hydrogen (secondary N) is 2. The number of nitrogens with two attached hydrogens (primary N) is 1. The standard InChI is InChI=1S/C11H17IN4O/c1-16(2)11(17)15-6-5-14-10-4-3-8(12)7-9(10)13/h3-4,7,14H,5-6,13H2,1-2H3,(H,15,17). The number of hydrogen-bond acceptors (Lipinski definition) is 3. The minimum Gasteiger partial charge on any atom is -0.397 e. The van der Waals surface area contributed by atoms with Gasteiger partial charge in [0.15, 0.2) is 0 Å². The van der Waals surface area contributed by atoms with Gasteiger partial charge in [-0.3, -0.25) is 0 Å². The lowest BCUT2D eigenvalue weighted by Gasteiger charge is -2.13. The molecule has 6 heteroatoms. The third kappa shape index (κ3) is 4.68. The van der Waals surface area contributed by atoms with E-state index in [1.165, 1.54) is 4.90 Å². The van der Waals surface area contributed by atoms with Crippen LogP contribution in [0.1, 0.15) is 0 Å². The summed E-state index contributed by atoms with van der Waals surface area (Å²) in [6, 6.07) is 5.73. The Morgan fingerprint density at radius 3 is 2.71 bits per heavy atom. The van der Waals surface area contributed by atoms with Crippen LogP contribution in [0, 0.1) is 3.57 Å². The summed E-state index contributed by atoms with van der Waals surface area (Å²) in [5.41, 5.74) is 7.46. The molecule has 0 saturated heterocycles. The van der Waals surface area contributed by atoms with Gasteiger partial charge in [-0.05, 0) is 40.8 Å². The summed E-state index contributed by atoms with van der Waals surface area (Å²) >= 11 is 2.21. The van der Waals surface area contributed by atoms with Crippen molar-refractivity contribution in [1.29, 1.82) is 0 Å². The minimum atomic E-state index is -0.0950. The molecule has 17 heavy (non-hydrogen) atoms. The Balaban J connectivity index is 2.34. The number of carbonyl (C=O) groups is 1. The lowest BCUT2D eigenvalue weighted by Crippen LogP contribution is -2.37. The highest BCUT2D eigenvalue weighted by molar-refractivity contribution is 14.1. The zero-order valence-electron chi connectivity index (χ0n) is 9.96. The quantitative estimate of drug-likeness (QED) is 0.439. The van der Waals surface area contributed by atoms with Gasteiger partial charge in [-0.15, -0.1) is 0 Å². The van der Waals surface area contributed by atoms with E-state index in [-0.39, 0.29) is 6.03 Å². The number of amides is 2. The summed E-state index contributed by atoms with van der Waals surface area (Å²) in [6.45, 7) is 1.20. The molecule has 0 unspecified atom stereocenters. The molecule has 1 aromatic carbocycles. The number of urea groups is 1. The maximum atomic E-state index is 11.2. The molecule has 1 aromatic rings. The fourth-order valence-corrected chi connectivity index (χ4v) is 1.73. The molecule has 0 radical (unpaired) electrons. The first-order valence-corrected chi connectivity index (χ1v) is 6.32. The maximum absolute atomic E-state index is 11.2. The van der Waals surface area contributed by atoms with E-state index < -0.39 is 0 Å². The number of halogens is 1. The molecular formula is C11H17IN4O. The molecule has 0 aliphatic heterocycles. The molecule has 0 saturated carbocycles. The van der Waals surface area contributed by atoms with E-state index in [1.807, 2.05) is 18.2 Å². The van der Waals surface area contributed by atoms with Crippen molar-refractivity contribution in [3.05, 3.63) is 21.8 Å². The molecule has 1 rings (SSSR count). The van der Waals surface area contributed by atoms with Crippen LogP contribution in [-0.4, -0.2) is 38.1 Å². The van der Waals surface area contributed by atoms with E-state index in [1.54, 1.807) is 14.1 Å². The van der Waals surface area contributed by atoms with Crippen LogP contribution < -0.4 is 16.4 Å². The lowest BCUT2D eigenvalue weighted by atomic mass is 10.3. The Morgan fingerprint density at radius 1 is 1.41 bits per heavy atom. The number of nitrogens with zero attached hydrogens (tertiary/aromatic N) is 1. The molecule has 0 heterocycles. The average Bonchev–Trinajstić information content (AvgIpc) is 2.26. The first-order chi connectivity index (χ1) is 8.00. The van der Waals surface area contributed by atoms with Crippen LogP contribution in [0.25, 0.3) is 0 Å². The predicted octanol–water partition coefficient (Wildman–Crippen LogP) is 1.56. The predicted molar refractivity (Wildman–Crippen MR) is 79.1 cm³/mol. The topological polar surface area (TPSA) is 70.4 Å². The van der Waals surface area contributed by atoms with Gasteiger partial charge in [0, 0.05) is 30.8 Å². The Hall–Kier alpha value is -1.18. The third-order valence-corrected chi connectivity index (χ3v) is 2.81. The molecule has 5 nitrogen and oxygen atoms in total. The zero-order valence-corrected chi connectivity index (χ0v) is 12.1. The summed E-state index contributed by atoms with van der Waals surface area (Å²) in [5, 5.41) is 5.94. The Bertz CT molecular complexity index is 395. The largest absolute Gasteiger partial charge is 0.397 e. The van der Waals surface area contributed by atoms with Crippen LogP contribution >= 0.6 is 22.6 Å². The van der Waals surface area contributed by atoms with Gasteiger partial charge < -0.3 is 21.3 Å². The minimum absolute atomic E-state index is 0.0950. The van der Waals surface area contributed by atoms with Gasteiger partial charge >= 0.3 is 6.03 Å². The van der Waals surface area contributed by atoms with Crippen LogP contribution in [0.5, 0.6) is 0 Å². The fraction of sp³-hybridized carbons (Fsp3) is 0.364. The molecule has 0 fully saturated rings. The van der Waals surface area contributed by atoms with Crippen molar-refractivity contribution in [2.45, 2.75) is 0 Å². The molecule has 0 aliphatic carbocycles. The molecule has 4 N–H and O–H groups in total. The molecule has 94 valence electrons. The summed E-state index contributed by atoms with van der Waals surface area (Å²) < 4.78 is 1.10. The number of benzene rings is 1. The van der Waals surface area contributed by atoms with Crippen LogP contribution in [0.3, 0.4) is 0 Å². The van der Waals surface area contributed by atoms with Gasteiger partial charge in [0.05, 0.1) is 11.4 Å². The van der Waals surface area contributed by atoms with Crippen molar-refractivity contribution in [1.82, 2.24) is 10.2 Å². The summed E-state index contributed by atoms with van der Waals surface area (Å²) in [7, 11) is 3.42. The first-order valence-electron chi connectivity index (χ1n) is 5.24.